The number of aliphatic hydroxyl groups is 3. The Hall–Kier alpha value is -1.76. The molecule has 0 spiro atoms. The molecule has 2 unspecified atom stereocenters. The van der Waals surface area contributed by atoms with Crippen LogP contribution in [0.4, 0.5) is 0 Å². The van der Waals surface area contributed by atoms with Gasteiger partial charge in [0.05, 0.1) is 12.7 Å². The first kappa shape index (κ1) is 25.5. The van der Waals surface area contributed by atoms with Crippen molar-refractivity contribution >= 4 is 0 Å². The largest absolute Gasteiger partial charge is 0.395 e. The molecule has 1 aliphatic rings. The first-order valence-electron chi connectivity index (χ1n) is 11.2. The quantitative estimate of drug-likeness (QED) is 0.321. The molecule has 0 radical (unpaired) electrons. The highest BCUT2D eigenvalue weighted by Crippen LogP contribution is 2.32. The van der Waals surface area contributed by atoms with Gasteiger partial charge in [0, 0.05) is 11.3 Å². The van der Waals surface area contributed by atoms with Crippen molar-refractivity contribution < 1.29 is 15.3 Å². The number of benzene rings is 1. The summed E-state index contributed by atoms with van der Waals surface area (Å²) >= 11 is 0. The number of allylic oxidation sites excluding steroid dienone is 1. The highest BCUT2D eigenvalue weighted by atomic mass is 16.3. The molecule has 1 aromatic carbocycles. The first-order chi connectivity index (χ1) is 14.6. The third kappa shape index (κ3) is 7.13. The van der Waals surface area contributed by atoms with Gasteiger partial charge >= 0.3 is 0 Å². The Morgan fingerprint density at radius 1 is 1.19 bits per heavy atom. The van der Waals surface area contributed by atoms with Crippen LogP contribution in [0.1, 0.15) is 45.1 Å². The summed E-state index contributed by atoms with van der Waals surface area (Å²) in [5.74, 6) is 0.0397. The highest BCUT2D eigenvalue weighted by molar-refractivity contribution is 5.30. The van der Waals surface area contributed by atoms with Gasteiger partial charge in [-0.05, 0) is 62.0 Å². The van der Waals surface area contributed by atoms with E-state index in [0.717, 1.165) is 50.0 Å². The van der Waals surface area contributed by atoms with Crippen molar-refractivity contribution in [1.82, 2.24) is 4.90 Å². The van der Waals surface area contributed by atoms with Gasteiger partial charge in [0.2, 0.25) is 0 Å². The fourth-order valence-corrected chi connectivity index (χ4v) is 3.88. The Morgan fingerprint density at radius 3 is 2.39 bits per heavy atom. The lowest BCUT2D eigenvalue weighted by Crippen LogP contribution is -2.49. The number of rotatable bonds is 11. The zero-order valence-electron chi connectivity index (χ0n) is 19.1. The summed E-state index contributed by atoms with van der Waals surface area (Å²) in [5, 5.41) is 30.7. The van der Waals surface area contributed by atoms with Crippen LogP contribution < -0.4 is 5.73 Å². The predicted octanol–water partition coefficient (Wildman–Crippen LogP) is 3.33. The molecular formula is C26H40N2O3. The molecule has 5 nitrogen and oxygen atoms in total. The van der Waals surface area contributed by atoms with Crippen LogP contribution in [-0.2, 0) is 5.72 Å². The second-order valence-electron chi connectivity index (χ2n) is 9.44. The smallest absolute Gasteiger partial charge is 0.142 e. The van der Waals surface area contributed by atoms with E-state index in [2.05, 4.69) is 18.1 Å². The molecular weight excluding hydrogens is 388 g/mol. The molecule has 172 valence electrons. The topological polar surface area (TPSA) is 90.0 Å². The average molecular weight is 429 g/mol. The lowest BCUT2D eigenvalue weighted by atomic mass is 9.82. The van der Waals surface area contributed by atoms with Crippen molar-refractivity contribution in [3.63, 3.8) is 0 Å². The van der Waals surface area contributed by atoms with Gasteiger partial charge in [-0.2, -0.15) is 0 Å². The van der Waals surface area contributed by atoms with Crippen LogP contribution in [-0.4, -0.2) is 52.6 Å². The van der Waals surface area contributed by atoms with E-state index in [1.165, 1.54) is 0 Å². The molecule has 2 rings (SSSR count). The van der Waals surface area contributed by atoms with E-state index in [0.29, 0.717) is 12.0 Å². The van der Waals surface area contributed by atoms with Crippen molar-refractivity contribution in [2.24, 2.45) is 17.1 Å². The number of piperidine rings is 1. The molecule has 0 aromatic heterocycles. The zero-order chi connectivity index (χ0) is 23.1. The fraction of sp³-hybridized carbons (Fsp3) is 0.538. The van der Waals surface area contributed by atoms with E-state index in [4.69, 9.17) is 5.73 Å². The molecule has 0 saturated carbocycles. The van der Waals surface area contributed by atoms with Gasteiger partial charge in [-0.25, -0.2) is 0 Å². The standard InChI is InChI=1S/C26H40N2O3/c1-20(12-13-21(2)25(3,4)19-29)24(30)11-8-16-28-17-14-23(15-18-28)26(27,31)22-9-6-5-7-10-22/h5-7,9-10,12-13,23-24,29-31H,1-2,8,11,14-19,27H2,3-4H3/b13-12-. The van der Waals surface area contributed by atoms with Crippen LogP contribution in [0.15, 0.2) is 66.8 Å². The predicted molar refractivity (Wildman–Crippen MR) is 127 cm³/mol. The maximum Gasteiger partial charge on any atom is 0.142 e. The minimum atomic E-state index is -1.29. The zero-order valence-corrected chi connectivity index (χ0v) is 19.1. The summed E-state index contributed by atoms with van der Waals surface area (Å²) < 4.78 is 0. The SMILES string of the molecule is C=C(/C=C\C(=C)C(C)(C)CO)C(O)CCCN1CCC(C(N)(O)c2ccccc2)CC1. The van der Waals surface area contributed by atoms with Crippen LogP contribution in [0.5, 0.6) is 0 Å². The maximum atomic E-state index is 10.9. The van der Waals surface area contributed by atoms with Gasteiger partial charge in [0.25, 0.3) is 0 Å². The lowest BCUT2D eigenvalue weighted by Gasteiger charge is -2.39. The average Bonchev–Trinajstić information content (AvgIpc) is 2.77. The van der Waals surface area contributed by atoms with Gasteiger partial charge in [-0.1, -0.05) is 69.5 Å². The summed E-state index contributed by atoms with van der Waals surface area (Å²) in [5.41, 5.74) is 6.85. The lowest BCUT2D eigenvalue weighted by molar-refractivity contribution is -0.0440. The first-order valence-corrected chi connectivity index (χ1v) is 11.2. The number of nitrogens with two attached hydrogens (primary N) is 1. The molecule has 2 atom stereocenters. The Morgan fingerprint density at radius 2 is 1.81 bits per heavy atom. The van der Waals surface area contributed by atoms with Crippen LogP contribution in [0.25, 0.3) is 0 Å². The molecule has 1 heterocycles. The van der Waals surface area contributed by atoms with Crippen LogP contribution in [0, 0.1) is 11.3 Å². The highest BCUT2D eigenvalue weighted by Gasteiger charge is 2.36. The van der Waals surface area contributed by atoms with Gasteiger partial charge in [-0.3, -0.25) is 5.73 Å². The molecule has 31 heavy (non-hydrogen) atoms. The van der Waals surface area contributed by atoms with Gasteiger partial charge in [0.1, 0.15) is 5.72 Å². The molecule has 5 heteroatoms. The molecule has 0 aliphatic carbocycles. The van der Waals surface area contributed by atoms with Gasteiger partial charge in [-0.15, -0.1) is 0 Å². The number of likely N-dealkylation sites (tertiary alicyclic amines) is 1. The summed E-state index contributed by atoms with van der Waals surface area (Å²) in [7, 11) is 0. The third-order valence-corrected chi connectivity index (χ3v) is 6.59. The molecule has 1 aromatic rings. The minimum absolute atomic E-state index is 0.0226. The van der Waals surface area contributed by atoms with E-state index in [9.17, 15) is 15.3 Å². The molecule has 5 N–H and O–H groups in total. The van der Waals surface area contributed by atoms with Crippen molar-refractivity contribution in [3.05, 3.63) is 72.4 Å². The van der Waals surface area contributed by atoms with E-state index >= 15 is 0 Å². The van der Waals surface area contributed by atoms with Crippen LogP contribution in [0.2, 0.25) is 0 Å². The second-order valence-corrected chi connectivity index (χ2v) is 9.44. The molecule has 1 aliphatic heterocycles. The number of hydrogen-bond donors (Lipinski definition) is 4. The van der Waals surface area contributed by atoms with Crippen molar-refractivity contribution in [2.75, 3.05) is 26.2 Å². The summed E-state index contributed by atoms with van der Waals surface area (Å²) in [6.45, 7) is 14.5. The van der Waals surface area contributed by atoms with Crippen molar-refractivity contribution in [2.45, 2.75) is 51.4 Å². The monoisotopic (exact) mass is 428 g/mol. The molecule has 0 bridgehead atoms. The molecule has 1 fully saturated rings. The Bertz CT molecular complexity index is 747. The van der Waals surface area contributed by atoms with Gasteiger partial charge < -0.3 is 20.2 Å². The normalized spacial score (nSPS) is 19.3. The minimum Gasteiger partial charge on any atom is -0.395 e. The van der Waals surface area contributed by atoms with Crippen LogP contribution >= 0.6 is 0 Å². The van der Waals surface area contributed by atoms with Crippen molar-refractivity contribution in [3.8, 4) is 0 Å². The summed E-state index contributed by atoms with van der Waals surface area (Å²) in [6.07, 6.45) is 6.24. The summed E-state index contributed by atoms with van der Waals surface area (Å²) in [6, 6.07) is 9.50. The fourth-order valence-electron chi connectivity index (χ4n) is 3.88. The molecule has 0 amide bonds. The summed E-state index contributed by atoms with van der Waals surface area (Å²) in [4.78, 5) is 2.37. The number of nitrogens with zero attached hydrogens (tertiary/aromatic N) is 1. The third-order valence-electron chi connectivity index (χ3n) is 6.59. The van der Waals surface area contributed by atoms with E-state index < -0.39 is 11.8 Å². The van der Waals surface area contributed by atoms with E-state index in [-0.39, 0.29) is 17.9 Å². The number of aliphatic hydroxyl groups excluding tert-OH is 2. The van der Waals surface area contributed by atoms with E-state index in [1.807, 2.05) is 50.3 Å². The maximum absolute atomic E-state index is 10.9. The molecule has 1 saturated heterocycles. The van der Waals surface area contributed by atoms with Gasteiger partial charge in [0.15, 0.2) is 0 Å². The second kappa shape index (κ2) is 11.2. The van der Waals surface area contributed by atoms with Crippen LogP contribution in [0.3, 0.4) is 0 Å². The number of hydrogen-bond acceptors (Lipinski definition) is 5. The van der Waals surface area contributed by atoms with Crippen molar-refractivity contribution in [1.29, 1.82) is 0 Å². The Labute approximate surface area is 187 Å². The Kier molecular flexibility index (Phi) is 9.22. The van der Waals surface area contributed by atoms with E-state index in [1.54, 1.807) is 6.08 Å². The Balaban J connectivity index is 1.73.